The van der Waals surface area contributed by atoms with Gasteiger partial charge in [0.05, 0.1) is 5.41 Å². The van der Waals surface area contributed by atoms with E-state index < -0.39 is 11.4 Å². The fraction of sp³-hybridized carbons (Fsp3) is 0.562. The second kappa shape index (κ2) is 6.89. The summed E-state index contributed by atoms with van der Waals surface area (Å²) >= 11 is 2.20. The molecule has 0 saturated heterocycles. The second-order valence-corrected chi connectivity index (χ2v) is 7.57. The van der Waals surface area contributed by atoms with Crippen LogP contribution in [0.3, 0.4) is 0 Å². The lowest BCUT2D eigenvalue weighted by molar-refractivity contribution is -0.143. The van der Waals surface area contributed by atoms with Crippen molar-refractivity contribution in [2.24, 2.45) is 5.41 Å². The molecule has 1 rings (SSSR count). The maximum atomic E-state index is 11.7. The van der Waals surface area contributed by atoms with E-state index in [4.69, 9.17) is 0 Å². The molecule has 1 aromatic rings. The van der Waals surface area contributed by atoms with Crippen LogP contribution in [0.1, 0.15) is 45.6 Å². The van der Waals surface area contributed by atoms with E-state index in [1.165, 1.54) is 0 Å². The number of halogens is 1. The average molecular weight is 390 g/mol. The minimum atomic E-state index is -0.868. The van der Waals surface area contributed by atoms with E-state index in [0.717, 1.165) is 22.0 Å². The smallest absolute Gasteiger partial charge is 0.313 e. The molecule has 112 valence electrons. The summed E-state index contributed by atoms with van der Waals surface area (Å²) < 4.78 is 1.04. The van der Waals surface area contributed by atoms with Crippen LogP contribution in [0, 0.1) is 8.99 Å². The first-order chi connectivity index (χ1) is 9.21. The Balaban J connectivity index is 2.86. The molecule has 0 bridgehead atoms. The van der Waals surface area contributed by atoms with E-state index >= 15 is 0 Å². The van der Waals surface area contributed by atoms with E-state index in [-0.39, 0.29) is 12.0 Å². The van der Waals surface area contributed by atoms with Crippen molar-refractivity contribution >= 4 is 28.6 Å². The van der Waals surface area contributed by atoms with Crippen molar-refractivity contribution in [1.29, 1.82) is 0 Å². The number of hydrogen-bond acceptors (Lipinski definition) is 2. The molecule has 3 nitrogen and oxygen atoms in total. The van der Waals surface area contributed by atoms with Gasteiger partial charge < -0.3 is 10.2 Å². The number of carboxylic acid groups (broad SMARTS) is 1. The number of aliphatic hydroxyl groups excluding tert-OH is 1. The SMILES string of the molecule is CC(C)(CO)CCCC(C)(C(=O)O)c1cccc(I)c1. The van der Waals surface area contributed by atoms with Crippen LogP contribution >= 0.6 is 22.6 Å². The minimum absolute atomic E-state index is 0.125. The van der Waals surface area contributed by atoms with Crippen molar-refractivity contribution in [1.82, 2.24) is 0 Å². The van der Waals surface area contributed by atoms with E-state index in [0.29, 0.717) is 6.42 Å². The molecule has 1 aromatic carbocycles. The predicted octanol–water partition coefficient (Wildman–Crippen LogP) is 3.82. The van der Waals surface area contributed by atoms with Crippen LogP contribution < -0.4 is 0 Å². The highest BCUT2D eigenvalue weighted by atomic mass is 127. The lowest BCUT2D eigenvalue weighted by Crippen LogP contribution is -2.33. The van der Waals surface area contributed by atoms with Crippen molar-refractivity contribution in [3.05, 3.63) is 33.4 Å². The van der Waals surface area contributed by atoms with Crippen LogP contribution in [-0.2, 0) is 10.2 Å². The summed E-state index contributed by atoms with van der Waals surface area (Å²) in [5, 5.41) is 18.9. The molecule has 0 aliphatic carbocycles. The Bertz CT molecular complexity index is 471. The summed E-state index contributed by atoms with van der Waals surface area (Å²) in [6.07, 6.45) is 2.17. The van der Waals surface area contributed by atoms with Gasteiger partial charge in [-0.2, -0.15) is 0 Å². The topological polar surface area (TPSA) is 57.5 Å². The number of rotatable bonds is 7. The molecule has 0 fully saturated rings. The molecule has 0 amide bonds. The monoisotopic (exact) mass is 390 g/mol. The van der Waals surface area contributed by atoms with Crippen molar-refractivity contribution < 1.29 is 15.0 Å². The van der Waals surface area contributed by atoms with Gasteiger partial charge in [0, 0.05) is 10.2 Å². The predicted molar refractivity (Wildman–Crippen MR) is 88.9 cm³/mol. The van der Waals surface area contributed by atoms with Gasteiger partial charge in [-0.25, -0.2) is 0 Å². The highest BCUT2D eigenvalue weighted by Crippen LogP contribution is 2.33. The Kier molecular flexibility index (Phi) is 6.01. The maximum absolute atomic E-state index is 11.7. The second-order valence-electron chi connectivity index (χ2n) is 6.32. The standard InChI is InChI=1S/C16H23IO3/c1-15(2,11-18)8-5-9-16(3,14(19)20)12-6-4-7-13(17)10-12/h4,6-7,10,18H,5,8-9,11H2,1-3H3,(H,19,20). The summed E-state index contributed by atoms with van der Waals surface area (Å²) in [5.41, 5.74) is -0.171. The molecule has 0 aliphatic heterocycles. The maximum Gasteiger partial charge on any atom is 0.313 e. The van der Waals surface area contributed by atoms with Crippen LogP contribution in [0.15, 0.2) is 24.3 Å². The summed E-state index contributed by atoms with van der Waals surface area (Å²) in [4.78, 5) is 11.7. The van der Waals surface area contributed by atoms with Crippen molar-refractivity contribution in [3.8, 4) is 0 Å². The molecule has 0 aromatic heterocycles. The number of aliphatic hydroxyl groups is 1. The zero-order valence-corrected chi connectivity index (χ0v) is 14.5. The molecule has 1 unspecified atom stereocenters. The fourth-order valence-electron chi connectivity index (χ4n) is 2.21. The van der Waals surface area contributed by atoms with Crippen molar-refractivity contribution in [2.75, 3.05) is 6.61 Å². The van der Waals surface area contributed by atoms with E-state index in [2.05, 4.69) is 22.6 Å². The Morgan fingerprint density at radius 3 is 2.40 bits per heavy atom. The van der Waals surface area contributed by atoms with Crippen LogP contribution in [0.4, 0.5) is 0 Å². The summed E-state index contributed by atoms with van der Waals surface area (Å²) in [5.74, 6) is -0.790. The normalized spacial score (nSPS) is 14.8. The number of carboxylic acids is 1. The van der Waals surface area contributed by atoms with Gasteiger partial charge in [-0.15, -0.1) is 0 Å². The third-order valence-electron chi connectivity index (χ3n) is 3.89. The van der Waals surface area contributed by atoms with Crippen LogP contribution in [0.2, 0.25) is 0 Å². The fourth-order valence-corrected chi connectivity index (χ4v) is 2.75. The quantitative estimate of drug-likeness (QED) is 0.696. The van der Waals surface area contributed by atoms with Gasteiger partial charge in [0.25, 0.3) is 0 Å². The van der Waals surface area contributed by atoms with Crippen molar-refractivity contribution in [2.45, 2.75) is 45.4 Å². The van der Waals surface area contributed by atoms with Gasteiger partial charge in [0.2, 0.25) is 0 Å². The van der Waals surface area contributed by atoms with E-state index in [1.54, 1.807) is 6.92 Å². The average Bonchev–Trinajstić information content (AvgIpc) is 2.38. The van der Waals surface area contributed by atoms with Gasteiger partial charge in [-0.3, -0.25) is 4.79 Å². The van der Waals surface area contributed by atoms with Gasteiger partial charge in [-0.1, -0.05) is 32.4 Å². The molecular formula is C16H23IO3. The minimum Gasteiger partial charge on any atom is -0.481 e. The van der Waals surface area contributed by atoms with Crippen molar-refractivity contribution in [3.63, 3.8) is 0 Å². The first kappa shape index (κ1) is 17.4. The number of hydrogen-bond donors (Lipinski definition) is 2. The highest BCUT2D eigenvalue weighted by molar-refractivity contribution is 14.1. The lowest BCUT2D eigenvalue weighted by atomic mass is 9.76. The van der Waals surface area contributed by atoms with Gasteiger partial charge in [-0.05, 0) is 65.5 Å². The lowest BCUT2D eigenvalue weighted by Gasteiger charge is -2.28. The summed E-state index contributed by atoms with van der Waals surface area (Å²) in [6, 6.07) is 7.68. The number of benzene rings is 1. The van der Waals surface area contributed by atoms with Crippen LogP contribution in [-0.4, -0.2) is 22.8 Å². The third-order valence-corrected chi connectivity index (χ3v) is 4.56. The third kappa shape index (κ3) is 4.45. The zero-order valence-electron chi connectivity index (χ0n) is 12.3. The van der Waals surface area contributed by atoms with Crippen LogP contribution in [0.5, 0.6) is 0 Å². The zero-order chi connectivity index (χ0) is 15.4. The Labute approximate surface area is 134 Å². The molecular weight excluding hydrogens is 367 g/mol. The van der Waals surface area contributed by atoms with E-state index in [1.807, 2.05) is 38.1 Å². The summed E-state index contributed by atoms with van der Waals surface area (Å²) in [6.45, 7) is 5.90. The molecule has 20 heavy (non-hydrogen) atoms. The Morgan fingerprint density at radius 1 is 1.25 bits per heavy atom. The molecule has 1 atom stereocenters. The largest absolute Gasteiger partial charge is 0.481 e. The van der Waals surface area contributed by atoms with E-state index in [9.17, 15) is 15.0 Å². The Hall–Kier alpha value is -0.620. The molecule has 4 heteroatoms. The summed E-state index contributed by atoms with van der Waals surface area (Å²) in [7, 11) is 0. The molecule has 0 saturated carbocycles. The van der Waals surface area contributed by atoms with Gasteiger partial charge in [0.15, 0.2) is 0 Å². The molecule has 0 radical (unpaired) electrons. The van der Waals surface area contributed by atoms with Crippen LogP contribution in [0.25, 0.3) is 0 Å². The first-order valence-electron chi connectivity index (χ1n) is 6.81. The van der Waals surface area contributed by atoms with Gasteiger partial charge >= 0.3 is 5.97 Å². The molecule has 0 aliphatic rings. The number of carbonyl (C=O) groups is 1. The molecule has 0 spiro atoms. The first-order valence-corrected chi connectivity index (χ1v) is 7.89. The number of aliphatic carboxylic acids is 1. The molecule has 2 N–H and O–H groups in total. The van der Waals surface area contributed by atoms with Gasteiger partial charge in [0.1, 0.15) is 0 Å². The Morgan fingerprint density at radius 2 is 1.90 bits per heavy atom. The molecule has 0 heterocycles. The highest BCUT2D eigenvalue weighted by Gasteiger charge is 2.35.